The Morgan fingerprint density at radius 1 is 1.00 bits per heavy atom. The van der Waals surface area contributed by atoms with Crippen LogP contribution >= 0.6 is 0 Å². The van der Waals surface area contributed by atoms with E-state index in [-0.39, 0.29) is 17.2 Å². The molecular weight excluding hydrogens is 368 g/mol. The summed E-state index contributed by atoms with van der Waals surface area (Å²) in [5, 5.41) is 28.4. The van der Waals surface area contributed by atoms with E-state index in [9.17, 15) is 24.9 Å². The molecule has 0 saturated carbocycles. The van der Waals surface area contributed by atoms with E-state index in [1.165, 1.54) is 50.6 Å². The SMILES string of the molecule is COc1cc(/C=C/C(=O)OCC(=O)[C@@H](OC)c2ccc(O)c(O)c2)ccc1O. The average molecular weight is 388 g/mol. The number of Topliss-reactive ketones (excluding diaryl/α,β-unsaturated/α-hetero) is 1. The van der Waals surface area contributed by atoms with Crippen molar-refractivity contribution in [2.75, 3.05) is 20.8 Å². The van der Waals surface area contributed by atoms with Crippen molar-refractivity contribution in [3.05, 3.63) is 53.6 Å². The molecule has 0 aliphatic rings. The van der Waals surface area contributed by atoms with Gasteiger partial charge in [0.25, 0.3) is 0 Å². The van der Waals surface area contributed by atoms with E-state index in [0.717, 1.165) is 6.08 Å². The third-order valence-corrected chi connectivity index (χ3v) is 3.80. The van der Waals surface area contributed by atoms with Gasteiger partial charge in [-0.05, 0) is 41.5 Å². The third-order valence-electron chi connectivity index (χ3n) is 3.80. The fraction of sp³-hybridized carbons (Fsp3) is 0.200. The van der Waals surface area contributed by atoms with Crippen LogP contribution in [0.5, 0.6) is 23.0 Å². The molecule has 8 heteroatoms. The molecule has 2 rings (SSSR count). The van der Waals surface area contributed by atoms with Crippen molar-refractivity contribution in [3.63, 3.8) is 0 Å². The van der Waals surface area contributed by atoms with Crippen molar-refractivity contribution in [1.29, 1.82) is 0 Å². The van der Waals surface area contributed by atoms with Crippen LogP contribution in [0.25, 0.3) is 6.08 Å². The number of carbonyl (C=O) groups excluding carboxylic acids is 2. The molecule has 0 bridgehead atoms. The van der Waals surface area contributed by atoms with Gasteiger partial charge in [0.15, 0.2) is 29.6 Å². The van der Waals surface area contributed by atoms with Gasteiger partial charge in [-0.2, -0.15) is 0 Å². The van der Waals surface area contributed by atoms with Crippen LogP contribution in [0, 0.1) is 0 Å². The number of phenols is 3. The maximum Gasteiger partial charge on any atom is 0.331 e. The topological polar surface area (TPSA) is 123 Å². The minimum Gasteiger partial charge on any atom is -0.504 e. The first-order valence-electron chi connectivity index (χ1n) is 8.15. The lowest BCUT2D eigenvalue weighted by molar-refractivity contribution is -0.146. The minimum atomic E-state index is -1.07. The molecule has 0 heterocycles. The lowest BCUT2D eigenvalue weighted by Gasteiger charge is -2.15. The number of ketones is 1. The van der Waals surface area contributed by atoms with Crippen molar-refractivity contribution in [3.8, 4) is 23.0 Å². The maximum atomic E-state index is 12.3. The van der Waals surface area contributed by atoms with Crippen molar-refractivity contribution in [2.24, 2.45) is 0 Å². The van der Waals surface area contributed by atoms with E-state index in [1.807, 2.05) is 0 Å². The smallest absolute Gasteiger partial charge is 0.331 e. The van der Waals surface area contributed by atoms with Crippen molar-refractivity contribution >= 4 is 17.8 Å². The largest absolute Gasteiger partial charge is 0.504 e. The number of esters is 1. The molecule has 0 fully saturated rings. The number of phenolic OH excluding ortho intramolecular Hbond substituents is 3. The lowest BCUT2D eigenvalue weighted by atomic mass is 10.1. The molecule has 2 aromatic carbocycles. The molecule has 0 radical (unpaired) electrons. The van der Waals surface area contributed by atoms with Gasteiger partial charge in [-0.15, -0.1) is 0 Å². The van der Waals surface area contributed by atoms with Crippen LogP contribution in [0.4, 0.5) is 0 Å². The normalized spacial score (nSPS) is 11.9. The predicted octanol–water partition coefficient (Wildman–Crippen LogP) is 2.33. The van der Waals surface area contributed by atoms with Crippen LogP contribution in [0.3, 0.4) is 0 Å². The highest BCUT2D eigenvalue weighted by Crippen LogP contribution is 2.29. The molecular formula is C20H20O8. The Bertz CT molecular complexity index is 888. The highest BCUT2D eigenvalue weighted by atomic mass is 16.5. The van der Waals surface area contributed by atoms with Crippen LogP contribution < -0.4 is 4.74 Å². The zero-order valence-electron chi connectivity index (χ0n) is 15.3. The second kappa shape index (κ2) is 9.43. The molecule has 0 amide bonds. The van der Waals surface area contributed by atoms with Gasteiger partial charge in [-0.1, -0.05) is 12.1 Å². The summed E-state index contributed by atoms with van der Waals surface area (Å²) in [6.07, 6.45) is 1.51. The summed E-state index contributed by atoms with van der Waals surface area (Å²) in [5.74, 6) is -1.78. The van der Waals surface area contributed by atoms with E-state index in [0.29, 0.717) is 11.1 Å². The van der Waals surface area contributed by atoms with Crippen molar-refractivity contribution in [1.82, 2.24) is 0 Å². The molecule has 0 aliphatic heterocycles. The van der Waals surface area contributed by atoms with E-state index in [2.05, 4.69) is 0 Å². The first-order valence-corrected chi connectivity index (χ1v) is 8.15. The van der Waals surface area contributed by atoms with Crippen LogP contribution in [0.1, 0.15) is 17.2 Å². The Morgan fingerprint density at radius 2 is 1.71 bits per heavy atom. The van der Waals surface area contributed by atoms with Crippen LogP contribution in [-0.2, 0) is 19.1 Å². The van der Waals surface area contributed by atoms with E-state index >= 15 is 0 Å². The van der Waals surface area contributed by atoms with Crippen molar-refractivity contribution < 1.29 is 39.1 Å². The standard InChI is InChI=1S/C20H20O8/c1-26-18-9-12(3-6-15(18)22)4-8-19(25)28-11-17(24)20(27-2)13-5-7-14(21)16(23)10-13/h3-10,20-23H,11H2,1-2H3/b8-4+/t20-/m0/s1. The minimum absolute atomic E-state index is 0.0290. The quantitative estimate of drug-likeness (QED) is 0.358. The molecule has 2 aromatic rings. The van der Waals surface area contributed by atoms with Crippen LogP contribution in [-0.4, -0.2) is 47.9 Å². The predicted molar refractivity (Wildman–Crippen MR) is 99.2 cm³/mol. The molecule has 0 aromatic heterocycles. The van der Waals surface area contributed by atoms with Gasteiger partial charge in [0, 0.05) is 13.2 Å². The summed E-state index contributed by atoms with van der Waals surface area (Å²) < 4.78 is 15.0. The Hall–Kier alpha value is -3.52. The number of hydrogen-bond acceptors (Lipinski definition) is 8. The zero-order valence-corrected chi connectivity index (χ0v) is 15.3. The number of rotatable bonds is 8. The molecule has 1 atom stereocenters. The van der Waals surface area contributed by atoms with Crippen molar-refractivity contribution in [2.45, 2.75) is 6.10 Å². The van der Waals surface area contributed by atoms with Crippen LogP contribution in [0.15, 0.2) is 42.5 Å². The Labute approximate surface area is 161 Å². The van der Waals surface area contributed by atoms with Gasteiger partial charge in [0.2, 0.25) is 5.78 Å². The fourth-order valence-corrected chi connectivity index (χ4v) is 2.39. The second-order valence-electron chi connectivity index (χ2n) is 5.70. The average Bonchev–Trinajstić information content (AvgIpc) is 2.69. The van der Waals surface area contributed by atoms with E-state index < -0.39 is 30.2 Å². The zero-order chi connectivity index (χ0) is 20.7. The summed E-state index contributed by atoms with van der Waals surface area (Å²) in [6, 6.07) is 8.37. The van der Waals surface area contributed by atoms with Gasteiger partial charge >= 0.3 is 5.97 Å². The summed E-state index contributed by atoms with van der Waals surface area (Å²) in [6.45, 7) is -0.539. The summed E-state index contributed by atoms with van der Waals surface area (Å²) >= 11 is 0. The van der Waals surface area contributed by atoms with Gasteiger partial charge in [-0.3, -0.25) is 4.79 Å². The first-order chi connectivity index (χ1) is 13.3. The molecule has 8 nitrogen and oxygen atoms in total. The number of methoxy groups -OCH3 is 2. The monoisotopic (exact) mass is 388 g/mol. The molecule has 3 N–H and O–H groups in total. The molecule has 28 heavy (non-hydrogen) atoms. The fourth-order valence-electron chi connectivity index (χ4n) is 2.39. The summed E-state index contributed by atoms with van der Waals surface area (Å²) in [7, 11) is 2.70. The Kier molecular flexibility index (Phi) is 7.00. The maximum absolute atomic E-state index is 12.3. The summed E-state index contributed by atoms with van der Waals surface area (Å²) in [4.78, 5) is 24.1. The van der Waals surface area contributed by atoms with Gasteiger partial charge < -0.3 is 29.5 Å². The van der Waals surface area contributed by atoms with Gasteiger partial charge in [0.1, 0.15) is 6.10 Å². The second-order valence-corrected chi connectivity index (χ2v) is 5.70. The molecule has 0 aliphatic carbocycles. The highest BCUT2D eigenvalue weighted by molar-refractivity contribution is 5.91. The van der Waals surface area contributed by atoms with E-state index in [4.69, 9.17) is 14.2 Å². The van der Waals surface area contributed by atoms with Crippen LogP contribution in [0.2, 0.25) is 0 Å². The first kappa shape index (κ1) is 20.8. The Morgan fingerprint density at radius 3 is 2.36 bits per heavy atom. The number of benzene rings is 2. The number of hydrogen-bond donors (Lipinski definition) is 3. The van der Waals surface area contributed by atoms with Gasteiger partial charge in [0.05, 0.1) is 7.11 Å². The number of aromatic hydroxyl groups is 3. The molecule has 0 spiro atoms. The third kappa shape index (κ3) is 5.24. The molecule has 0 saturated heterocycles. The molecule has 0 unspecified atom stereocenters. The summed E-state index contributed by atoms with van der Waals surface area (Å²) in [5.41, 5.74) is 0.901. The Balaban J connectivity index is 1.97. The molecule has 148 valence electrons. The van der Waals surface area contributed by atoms with E-state index in [1.54, 1.807) is 6.07 Å². The number of ether oxygens (including phenoxy) is 3. The van der Waals surface area contributed by atoms with Gasteiger partial charge in [-0.25, -0.2) is 4.79 Å². The highest BCUT2D eigenvalue weighted by Gasteiger charge is 2.22. The number of carbonyl (C=O) groups is 2. The lowest BCUT2D eigenvalue weighted by Crippen LogP contribution is -2.21.